The number of alkyl halides is 3. The zero-order valence-corrected chi connectivity index (χ0v) is 22.2. The number of nitrogens with zero attached hydrogens (tertiary/aromatic N) is 3. The Morgan fingerprint density at radius 2 is 1.93 bits per heavy atom. The van der Waals surface area contributed by atoms with Crippen LogP contribution in [0.15, 0.2) is 30.3 Å². The molecule has 0 radical (unpaired) electrons. The van der Waals surface area contributed by atoms with Gasteiger partial charge in [0.25, 0.3) is 0 Å². The molecule has 218 valence electrons. The molecule has 2 atom stereocenters. The summed E-state index contributed by atoms with van der Waals surface area (Å²) in [4.78, 5) is 32.8. The summed E-state index contributed by atoms with van der Waals surface area (Å²) in [6, 6.07) is 6.65. The van der Waals surface area contributed by atoms with Crippen molar-refractivity contribution in [3.8, 4) is 5.88 Å². The maximum atomic E-state index is 14.1. The molecule has 2 aliphatic heterocycles. The minimum absolute atomic E-state index is 0.0954. The van der Waals surface area contributed by atoms with Crippen LogP contribution in [0.3, 0.4) is 0 Å². The normalized spacial score (nSPS) is 19.4. The predicted octanol–water partition coefficient (Wildman–Crippen LogP) is 3.66. The van der Waals surface area contributed by atoms with Gasteiger partial charge in [0.05, 0.1) is 6.61 Å². The van der Waals surface area contributed by atoms with E-state index in [-0.39, 0.29) is 35.2 Å². The van der Waals surface area contributed by atoms with E-state index in [1.165, 1.54) is 18.2 Å². The van der Waals surface area contributed by atoms with Crippen LogP contribution in [0.4, 0.5) is 24.9 Å². The van der Waals surface area contributed by atoms with Crippen LogP contribution in [-0.4, -0.2) is 65.5 Å². The highest BCUT2D eigenvalue weighted by molar-refractivity contribution is 5.74. The van der Waals surface area contributed by atoms with Crippen molar-refractivity contribution >= 4 is 23.7 Å². The van der Waals surface area contributed by atoms with Crippen LogP contribution < -0.4 is 20.7 Å². The summed E-state index contributed by atoms with van der Waals surface area (Å²) >= 11 is 0. The maximum absolute atomic E-state index is 14.1. The Hall–Kier alpha value is -3.61. The van der Waals surface area contributed by atoms with Crippen LogP contribution in [0.5, 0.6) is 5.88 Å². The number of anilines is 2. The number of carbonyl (C=O) groups is 2. The average molecular weight is 566 g/mol. The molecule has 0 aliphatic carbocycles. The largest absolute Gasteiger partial charge is 0.480 e. The molecule has 0 bridgehead atoms. The molecule has 1 spiro atoms. The number of halogens is 3. The Kier molecular flexibility index (Phi) is 9.02. The third kappa shape index (κ3) is 7.32. The van der Waals surface area contributed by atoms with Crippen LogP contribution in [0.25, 0.3) is 0 Å². The number of nitrogen functional groups attached to an aromatic ring is 1. The van der Waals surface area contributed by atoms with Crippen LogP contribution in [0, 0.1) is 5.41 Å². The number of hydrogen-bond donors (Lipinski definition) is 3. The van der Waals surface area contributed by atoms with Gasteiger partial charge in [0.15, 0.2) is 0 Å². The molecule has 10 nitrogen and oxygen atoms in total. The minimum atomic E-state index is -4.72. The highest BCUT2D eigenvalue weighted by Gasteiger charge is 2.45. The lowest BCUT2D eigenvalue weighted by Gasteiger charge is -2.39. The summed E-state index contributed by atoms with van der Waals surface area (Å²) in [7, 11) is 0. The summed E-state index contributed by atoms with van der Waals surface area (Å²) in [6.45, 7) is 3.73. The van der Waals surface area contributed by atoms with Gasteiger partial charge in [-0.1, -0.05) is 24.3 Å². The quantitative estimate of drug-likeness (QED) is 0.366. The Labute approximate surface area is 230 Å². The van der Waals surface area contributed by atoms with Gasteiger partial charge in [-0.05, 0) is 50.0 Å². The summed E-state index contributed by atoms with van der Waals surface area (Å²) in [5, 5.41) is 12.4. The van der Waals surface area contributed by atoms with Crippen LogP contribution in [0.1, 0.15) is 56.3 Å². The molecule has 2 aromatic rings. The second-order valence-electron chi connectivity index (χ2n) is 10.3. The monoisotopic (exact) mass is 565 g/mol. The Balaban J connectivity index is 1.42. The highest BCUT2D eigenvalue weighted by atomic mass is 19.4. The zero-order chi connectivity index (χ0) is 28.9. The van der Waals surface area contributed by atoms with Crippen molar-refractivity contribution in [2.24, 2.45) is 5.41 Å². The SMILES string of the molecule is CCOC(=O)CCCc1ccc([C@@H](Oc2cc(N3CCC4(CC3)CNC(C(=O)O)C4)nc(N)n2)C(F)(F)F)cc1. The number of carbonyl (C=O) groups excluding carboxylic acids is 1. The summed E-state index contributed by atoms with van der Waals surface area (Å²) in [5.74, 6) is -1.32. The smallest absolute Gasteiger partial charge is 0.429 e. The van der Waals surface area contributed by atoms with E-state index in [1.54, 1.807) is 19.1 Å². The number of nitrogens with two attached hydrogens (primary N) is 1. The van der Waals surface area contributed by atoms with Gasteiger partial charge in [-0.2, -0.15) is 23.1 Å². The minimum Gasteiger partial charge on any atom is -0.480 e. The van der Waals surface area contributed by atoms with Gasteiger partial charge in [-0.25, -0.2) is 0 Å². The van der Waals surface area contributed by atoms with Crippen molar-refractivity contribution in [1.29, 1.82) is 0 Å². The van der Waals surface area contributed by atoms with Crippen LogP contribution in [-0.2, 0) is 20.7 Å². The van der Waals surface area contributed by atoms with Crippen molar-refractivity contribution in [3.63, 3.8) is 0 Å². The number of hydrogen-bond acceptors (Lipinski definition) is 9. The molecule has 1 aromatic heterocycles. The number of nitrogens with one attached hydrogen (secondary N) is 1. The summed E-state index contributed by atoms with van der Waals surface area (Å²) < 4.78 is 52.4. The third-order valence-electron chi connectivity index (χ3n) is 7.48. The van der Waals surface area contributed by atoms with Gasteiger partial charge >= 0.3 is 18.1 Å². The Morgan fingerprint density at radius 3 is 2.52 bits per heavy atom. The van der Waals surface area contributed by atoms with E-state index in [9.17, 15) is 27.9 Å². The fourth-order valence-electron chi connectivity index (χ4n) is 5.31. The first-order chi connectivity index (χ1) is 19.0. The molecule has 0 amide bonds. The predicted molar refractivity (Wildman–Crippen MR) is 140 cm³/mol. The second kappa shape index (κ2) is 12.3. The van der Waals surface area contributed by atoms with Gasteiger partial charge in [-0.3, -0.25) is 9.59 Å². The van der Waals surface area contributed by atoms with Crippen molar-refractivity contribution in [3.05, 3.63) is 41.5 Å². The first-order valence-electron chi connectivity index (χ1n) is 13.3. The molecule has 2 aliphatic rings. The molecule has 2 saturated heterocycles. The van der Waals surface area contributed by atoms with Gasteiger partial charge in [0.2, 0.25) is 17.9 Å². The number of esters is 1. The fourth-order valence-corrected chi connectivity index (χ4v) is 5.31. The first-order valence-corrected chi connectivity index (χ1v) is 13.3. The summed E-state index contributed by atoms with van der Waals surface area (Å²) in [5.41, 5.74) is 6.40. The number of carboxylic acids is 1. The first kappa shape index (κ1) is 29.4. The van der Waals surface area contributed by atoms with E-state index in [2.05, 4.69) is 15.3 Å². The Morgan fingerprint density at radius 1 is 1.23 bits per heavy atom. The number of aliphatic carboxylic acids is 1. The number of benzene rings is 1. The van der Waals surface area contributed by atoms with Gasteiger partial charge < -0.3 is 30.5 Å². The van der Waals surface area contributed by atoms with Gasteiger partial charge in [-0.15, -0.1) is 0 Å². The molecule has 4 N–H and O–H groups in total. The topological polar surface area (TPSA) is 140 Å². The van der Waals surface area contributed by atoms with Crippen molar-refractivity contribution in [1.82, 2.24) is 15.3 Å². The van der Waals surface area contributed by atoms with Crippen LogP contribution in [0.2, 0.25) is 0 Å². The number of aryl methyl sites for hydroxylation is 1. The van der Waals surface area contributed by atoms with Crippen molar-refractivity contribution in [2.45, 2.75) is 63.8 Å². The standard InChI is InChI=1S/C27H34F3N5O5/c1-2-39-22(36)5-3-4-17-6-8-18(9-7-17)23(27(28,29)30)40-21-14-20(33-25(31)34-21)35-12-10-26(11-13-35)15-19(24(37)38)32-16-26/h6-9,14,19,23,32H,2-5,10-13,15-16H2,1H3,(H,37,38)(H2,31,33,34)/t19?,23-/m1/s1. The van der Waals surface area contributed by atoms with E-state index in [1.807, 2.05) is 4.90 Å². The number of ether oxygens (including phenoxy) is 2. The lowest BCUT2D eigenvalue weighted by atomic mass is 9.76. The molecule has 1 unspecified atom stereocenters. The third-order valence-corrected chi connectivity index (χ3v) is 7.48. The highest BCUT2D eigenvalue weighted by Crippen LogP contribution is 2.41. The lowest BCUT2D eigenvalue weighted by molar-refractivity contribution is -0.198. The van der Waals surface area contributed by atoms with E-state index in [4.69, 9.17) is 15.2 Å². The lowest BCUT2D eigenvalue weighted by Crippen LogP contribution is -2.41. The molecule has 4 rings (SSSR count). The number of aromatic nitrogens is 2. The molecule has 3 heterocycles. The van der Waals surface area contributed by atoms with E-state index in [0.29, 0.717) is 64.2 Å². The number of carboxylic acid groups (broad SMARTS) is 1. The molecule has 13 heteroatoms. The molecule has 2 fully saturated rings. The van der Waals surface area contributed by atoms with Crippen LogP contribution >= 0.6 is 0 Å². The van der Waals surface area contributed by atoms with E-state index in [0.717, 1.165) is 5.56 Å². The molecular formula is C27H34F3N5O5. The zero-order valence-electron chi connectivity index (χ0n) is 22.2. The molecule has 1 aromatic carbocycles. The maximum Gasteiger partial charge on any atom is 0.429 e. The molecular weight excluding hydrogens is 531 g/mol. The fraction of sp³-hybridized carbons (Fsp3) is 0.556. The van der Waals surface area contributed by atoms with Gasteiger partial charge in [0.1, 0.15) is 11.9 Å². The number of piperidine rings is 1. The van der Waals surface area contributed by atoms with Crippen molar-refractivity contribution < 1.29 is 37.3 Å². The van der Waals surface area contributed by atoms with E-state index < -0.39 is 24.3 Å². The van der Waals surface area contributed by atoms with Crippen molar-refractivity contribution in [2.75, 3.05) is 36.9 Å². The summed E-state index contributed by atoms with van der Waals surface area (Å²) in [6.07, 6.45) is -3.76. The van der Waals surface area contributed by atoms with E-state index >= 15 is 0 Å². The Bertz CT molecular complexity index is 1190. The van der Waals surface area contributed by atoms with Gasteiger partial charge in [0, 0.05) is 37.7 Å². The average Bonchev–Trinajstić information content (AvgIpc) is 3.31. The number of rotatable bonds is 10. The molecule has 0 saturated carbocycles. The second-order valence-corrected chi connectivity index (χ2v) is 10.3. The molecule has 40 heavy (non-hydrogen) atoms.